The smallest absolute Gasteiger partial charge is 0.266 e. The van der Waals surface area contributed by atoms with E-state index in [0.29, 0.717) is 39.3 Å². The van der Waals surface area contributed by atoms with E-state index in [0.717, 1.165) is 72.3 Å². The molecule has 7 aromatic rings. The van der Waals surface area contributed by atoms with Gasteiger partial charge in [0, 0.05) is 5.69 Å². The predicted octanol–water partition coefficient (Wildman–Crippen LogP) is 11.4. The van der Waals surface area contributed by atoms with E-state index in [2.05, 4.69) is 57.2 Å². The molecule has 0 aliphatic carbocycles. The van der Waals surface area contributed by atoms with Crippen molar-refractivity contribution in [1.29, 1.82) is 0 Å². The molecule has 9 rings (SSSR count). The lowest BCUT2D eigenvalue weighted by Gasteiger charge is -2.18. The number of hydrogen-bond donors (Lipinski definition) is 1. The monoisotopic (exact) mass is 771 g/mol. The zero-order valence-corrected chi connectivity index (χ0v) is 33.7. The molecule has 288 valence electrons. The molecule has 0 radical (unpaired) electrons. The number of nitrogen functional groups attached to an aromatic ring is 1. The molecule has 2 heterocycles. The molecule has 7 heteroatoms. The van der Waals surface area contributed by atoms with Crippen LogP contribution in [0, 0.1) is 41.5 Å². The van der Waals surface area contributed by atoms with Gasteiger partial charge in [0.1, 0.15) is 0 Å². The van der Waals surface area contributed by atoms with Crippen molar-refractivity contribution in [3.05, 3.63) is 183 Å². The van der Waals surface area contributed by atoms with Crippen molar-refractivity contribution in [3.63, 3.8) is 0 Å². The average Bonchev–Trinajstić information content (AvgIpc) is 3.60. The standard InChI is InChI=1S/C52H41N3O4/c1-28-7-14-40(29(2)21-28)35-9-16-45-47(26-35)52(59)55(50(45)57)39-13-20-44(33(6)25-39)43-15-8-34(22-30(43)3)42-19-12-38(24-32(42)5)54-49(56)46-17-10-36(27-48(46)51(54)58)41-18-11-37(53)23-31(41)4/h7-27H,53H2,1-6H3. The van der Waals surface area contributed by atoms with Gasteiger partial charge in [0.2, 0.25) is 0 Å². The number of amides is 4. The maximum atomic E-state index is 13.8. The third-order valence-electron chi connectivity index (χ3n) is 11.8. The summed E-state index contributed by atoms with van der Waals surface area (Å²) in [6, 6.07) is 40.4. The molecule has 2 aliphatic heterocycles. The fourth-order valence-corrected chi connectivity index (χ4v) is 8.77. The van der Waals surface area contributed by atoms with Crippen LogP contribution in [0.15, 0.2) is 127 Å². The van der Waals surface area contributed by atoms with Gasteiger partial charge in [-0.1, -0.05) is 72.3 Å². The normalized spacial score (nSPS) is 13.4. The Hall–Kier alpha value is -7.38. The SMILES string of the molecule is Cc1ccc(-c2ccc3c(c2)C(=O)N(c2ccc(-c4ccc(-c5ccc(N6C(=O)c7ccc(-c8ccc(N)cc8C)cc7C6=O)cc5C)cc4C)c(C)c2)C3=O)c(C)c1. The summed E-state index contributed by atoms with van der Waals surface area (Å²) in [7, 11) is 0. The van der Waals surface area contributed by atoms with Crippen LogP contribution in [0.3, 0.4) is 0 Å². The first-order valence-electron chi connectivity index (χ1n) is 19.6. The van der Waals surface area contributed by atoms with E-state index in [9.17, 15) is 19.2 Å². The Morgan fingerprint density at radius 2 is 0.678 bits per heavy atom. The highest BCUT2D eigenvalue weighted by Crippen LogP contribution is 2.39. The van der Waals surface area contributed by atoms with Crippen molar-refractivity contribution < 1.29 is 19.2 Å². The second-order valence-corrected chi connectivity index (χ2v) is 15.8. The van der Waals surface area contributed by atoms with E-state index in [1.165, 1.54) is 15.4 Å². The van der Waals surface area contributed by atoms with Crippen LogP contribution < -0.4 is 15.5 Å². The van der Waals surface area contributed by atoms with Crippen LogP contribution >= 0.6 is 0 Å². The lowest BCUT2D eigenvalue weighted by molar-refractivity contribution is 0.0910. The van der Waals surface area contributed by atoms with Crippen molar-refractivity contribution in [3.8, 4) is 44.5 Å². The number of nitrogens with zero attached hydrogens (tertiary/aromatic N) is 2. The van der Waals surface area contributed by atoms with E-state index in [4.69, 9.17) is 5.73 Å². The Balaban J connectivity index is 0.948. The van der Waals surface area contributed by atoms with Crippen LogP contribution in [0.25, 0.3) is 44.5 Å². The van der Waals surface area contributed by atoms with E-state index < -0.39 is 0 Å². The molecule has 4 amide bonds. The van der Waals surface area contributed by atoms with Gasteiger partial charge in [-0.3, -0.25) is 19.2 Å². The minimum Gasteiger partial charge on any atom is -0.399 e. The van der Waals surface area contributed by atoms with E-state index >= 15 is 0 Å². The fraction of sp³-hybridized carbons (Fsp3) is 0.115. The summed E-state index contributed by atoms with van der Waals surface area (Å²) in [5.74, 6) is -1.34. The van der Waals surface area contributed by atoms with Crippen LogP contribution in [-0.2, 0) is 0 Å². The summed E-state index contributed by atoms with van der Waals surface area (Å²) in [6.07, 6.45) is 0. The number of rotatable bonds is 6. The molecular weight excluding hydrogens is 731 g/mol. The Morgan fingerprint density at radius 1 is 0.322 bits per heavy atom. The van der Waals surface area contributed by atoms with Gasteiger partial charge in [-0.05, 0) is 175 Å². The molecule has 2 N–H and O–H groups in total. The average molecular weight is 772 g/mol. The molecule has 0 saturated heterocycles. The number of anilines is 3. The molecule has 7 aromatic carbocycles. The molecule has 7 nitrogen and oxygen atoms in total. The van der Waals surface area contributed by atoms with Gasteiger partial charge in [0.25, 0.3) is 23.6 Å². The van der Waals surface area contributed by atoms with Crippen LogP contribution in [-0.4, -0.2) is 23.6 Å². The van der Waals surface area contributed by atoms with Crippen molar-refractivity contribution in [1.82, 2.24) is 0 Å². The van der Waals surface area contributed by atoms with Gasteiger partial charge < -0.3 is 5.73 Å². The molecule has 0 bridgehead atoms. The zero-order valence-electron chi connectivity index (χ0n) is 33.7. The Morgan fingerprint density at radius 3 is 1.14 bits per heavy atom. The second-order valence-electron chi connectivity index (χ2n) is 15.8. The number of fused-ring (bicyclic) bond motifs is 2. The first kappa shape index (κ1) is 37.2. The Kier molecular flexibility index (Phi) is 8.78. The number of carbonyl (C=O) groups is 4. The van der Waals surface area contributed by atoms with Crippen molar-refractivity contribution in [2.45, 2.75) is 41.5 Å². The van der Waals surface area contributed by atoms with Gasteiger partial charge in [0.15, 0.2) is 0 Å². The molecule has 0 saturated carbocycles. The number of hydrogen-bond acceptors (Lipinski definition) is 5. The summed E-state index contributed by atoms with van der Waals surface area (Å²) < 4.78 is 0. The Labute approximate surface area is 343 Å². The van der Waals surface area contributed by atoms with E-state index in [1.54, 1.807) is 18.2 Å². The first-order chi connectivity index (χ1) is 28.3. The quantitative estimate of drug-likeness (QED) is 0.134. The van der Waals surface area contributed by atoms with Crippen molar-refractivity contribution in [2.24, 2.45) is 0 Å². The van der Waals surface area contributed by atoms with Crippen LogP contribution in [0.5, 0.6) is 0 Å². The highest BCUT2D eigenvalue weighted by Gasteiger charge is 2.38. The van der Waals surface area contributed by atoms with Gasteiger partial charge in [0.05, 0.1) is 33.6 Å². The highest BCUT2D eigenvalue weighted by molar-refractivity contribution is 6.35. The maximum Gasteiger partial charge on any atom is 0.266 e. The molecule has 0 spiro atoms. The highest BCUT2D eigenvalue weighted by atomic mass is 16.2. The van der Waals surface area contributed by atoms with Gasteiger partial charge in [-0.2, -0.15) is 0 Å². The third kappa shape index (κ3) is 6.14. The van der Waals surface area contributed by atoms with E-state index in [-0.39, 0.29) is 23.6 Å². The third-order valence-corrected chi connectivity index (χ3v) is 11.8. The van der Waals surface area contributed by atoms with Gasteiger partial charge >= 0.3 is 0 Å². The fourth-order valence-electron chi connectivity index (χ4n) is 8.77. The number of carbonyl (C=O) groups excluding carboxylic acids is 4. The van der Waals surface area contributed by atoms with Crippen molar-refractivity contribution >= 4 is 40.7 Å². The summed E-state index contributed by atoms with van der Waals surface area (Å²) >= 11 is 0. The summed E-state index contributed by atoms with van der Waals surface area (Å²) in [5, 5.41) is 0. The maximum absolute atomic E-state index is 13.8. The molecule has 0 atom stereocenters. The first-order valence-corrected chi connectivity index (χ1v) is 19.6. The summed E-state index contributed by atoms with van der Waals surface area (Å²) in [6.45, 7) is 12.1. The number of nitrogens with two attached hydrogens (primary N) is 1. The number of imide groups is 2. The number of benzene rings is 7. The topological polar surface area (TPSA) is 101 Å². The predicted molar refractivity (Wildman–Crippen MR) is 236 cm³/mol. The second kappa shape index (κ2) is 13.9. The van der Waals surface area contributed by atoms with Crippen LogP contribution in [0.4, 0.5) is 17.1 Å². The molecule has 2 aliphatic rings. The van der Waals surface area contributed by atoms with Gasteiger partial charge in [-0.25, -0.2) is 9.80 Å². The summed E-state index contributed by atoms with van der Waals surface area (Å²) in [4.78, 5) is 57.3. The minimum atomic E-state index is -0.348. The molecule has 0 aromatic heterocycles. The van der Waals surface area contributed by atoms with Crippen LogP contribution in [0.2, 0.25) is 0 Å². The lowest BCUT2D eigenvalue weighted by atomic mass is 9.92. The minimum absolute atomic E-state index is 0.326. The lowest BCUT2D eigenvalue weighted by Crippen LogP contribution is -2.29. The largest absolute Gasteiger partial charge is 0.399 e. The Bertz CT molecular complexity index is 3010. The molecule has 59 heavy (non-hydrogen) atoms. The molecule has 0 fully saturated rings. The molecule has 0 unspecified atom stereocenters. The van der Waals surface area contributed by atoms with Crippen LogP contribution in [0.1, 0.15) is 74.8 Å². The van der Waals surface area contributed by atoms with Gasteiger partial charge in [-0.15, -0.1) is 0 Å². The number of aryl methyl sites for hydroxylation is 6. The van der Waals surface area contributed by atoms with E-state index in [1.807, 2.05) is 93.6 Å². The van der Waals surface area contributed by atoms with Crippen molar-refractivity contribution in [2.75, 3.05) is 15.5 Å². The summed E-state index contributed by atoms with van der Waals surface area (Å²) in [5.41, 5.74) is 23.2. The molecular formula is C52H41N3O4. The zero-order chi connectivity index (χ0) is 41.4.